The van der Waals surface area contributed by atoms with Crippen LogP contribution in [-0.4, -0.2) is 41.5 Å². The van der Waals surface area contributed by atoms with E-state index in [2.05, 4.69) is 25.8 Å². The number of ether oxygens (including phenoxy) is 2. The Bertz CT molecular complexity index is 614. The van der Waals surface area contributed by atoms with Crippen LogP contribution < -0.4 is 15.4 Å². The molecule has 0 radical (unpaired) electrons. The van der Waals surface area contributed by atoms with Crippen LogP contribution in [-0.2, 0) is 11.3 Å². The lowest BCUT2D eigenvalue weighted by molar-refractivity contribution is 0.120. The van der Waals surface area contributed by atoms with Crippen molar-refractivity contribution in [2.75, 3.05) is 30.9 Å². The van der Waals surface area contributed by atoms with Crippen LogP contribution in [0.4, 0.5) is 11.8 Å². The van der Waals surface area contributed by atoms with Crippen molar-refractivity contribution in [3.8, 4) is 5.75 Å². The normalized spacial score (nSPS) is 17.0. The topological polar surface area (TPSA) is 81.2 Å². The van der Waals surface area contributed by atoms with Crippen molar-refractivity contribution >= 4 is 11.8 Å². The monoisotopic (exact) mass is 315 g/mol. The van der Waals surface area contributed by atoms with E-state index in [1.807, 2.05) is 24.3 Å². The van der Waals surface area contributed by atoms with Gasteiger partial charge in [-0.25, -0.2) is 0 Å². The van der Waals surface area contributed by atoms with Gasteiger partial charge in [0.15, 0.2) is 5.82 Å². The van der Waals surface area contributed by atoms with Gasteiger partial charge >= 0.3 is 0 Å². The molecule has 7 nitrogen and oxygen atoms in total. The van der Waals surface area contributed by atoms with Gasteiger partial charge in [-0.05, 0) is 30.5 Å². The molecule has 7 heteroatoms. The zero-order chi connectivity index (χ0) is 15.9. The summed E-state index contributed by atoms with van der Waals surface area (Å²) >= 11 is 0. The van der Waals surface area contributed by atoms with Gasteiger partial charge in [0.25, 0.3) is 0 Å². The Morgan fingerprint density at radius 1 is 1.26 bits per heavy atom. The molecule has 122 valence electrons. The third kappa shape index (κ3) is 4.53. The van der Waals surface area contributed by atoms with E-state index >= 15 is 0 Å². The molecule has 2 aromatic rings. The number of hydrogen-bond acceptors (Lipinski definition) is 7. The fourth-order valence-electron chi connectivity index (χ4n) is 2.41. The molecule has 1 atom stereocenters. The average molecular weight is 315 g/mol. The molecule has 0 bridgehead atoms. The molecule has 0 spiro atoms. The van der Waals surface area contributed by atoms with Gasteiger partial charge < -0.3 is 20.1 Å². The third-order valence-electron chi connectivity index (χ3n) is 3.70. The highest BCUT2D eigenvalue weighted by Crippen LogP contribution is 2.14. The summed E-state index contributed by atoms with van der Waals surface area (Å²) in [5, 5.41) is 14.4. The standard InChI is InChI=1S/C16H21N5O2/c1-22-13-6-4-12(5-7-13)9-18-16-20-15(11-19-21-16)17-10-14-3-2-8-23-14/h4-7,11,14H,2-3,8-10H2,1H3,(H2,17,18,20,21). The lowest BCUT2D eigenvalue weighted by Gasteiger charge is -2.11. The van der Waals surface area contributed by atoms with Crippen LogP contribution in [0, 0.1) is 0 Å². The van der Waals surface area contributed by atoms with Crippen LogP contribution in [0.3, 0.4) is 0 Å². The van der Waals surface area contributed by atoms with Gasteiger partial charge in [-0.2, -0.15) is 10.1 Å². The Balaban J connectivity index is 1.51. The van der Waals surface area contributed by atoms with Gasteiger partial charge in [0.05, 0.1) is 19.4 Å². The molecular formula is C16H21N5O2. The number of benzene rings is 1. The van der Waals surface area contributed by atoms with Gasteiger partial charge in [-0.15, -0.1) is 5.10 Å². The zero-order valence-electron chi connectivity index (χ0n) is 13.2. The number of aromatic nitrogens is 3. The van der Waals surface area contributed by atoms with E-state index in [9.17, 15) is 0 Å². The van der Waals surface area contributed by atoms with Gasteiger partial charge in [0.2, 0.25) is 5.95 Å². The Hall–Kier alpha value is -2.41. The number of nitrogens with one attached hydrogen (secondary N) is 2. The molecule has 1 aliphatic rings. The minimum absolute atomic E-state index is 0.265. The molecular weight excluding hydrogens is 294 g/mol. The predicted octanol–water partition coefficient (Wildman–Crippen LogP) is 2.08. The lowest BCUT2D eigenvalue weighted by atomic mass is 10.2. The van der Waals surface area contributed by atoms with Gasteiger partial charge in [0, 0.05) is 19.7 Å². The van der Waals surface area contributed by atoms with Gasteiger partial charge in [-0.1, -0.05) is 12.1 Å². The Kier molecular flexibility index (Phi) is 5.21. The van der Waals surface area contributed by atoms with Crippen molar-refractivity contribution in [1.29, 1.82) is 0 Å². The quantitative estimate of drug-likeness (QED) is 0.809. The molecule has 2 N–H and O–H groups in total. The minimum Gasteiger partial charge on any atom is -0.497 e. The zero-order valence-corrected chi connectivity index (χ0v) is 13.2. The summed E-state index contributed by atoms with van der Waals surface area (Å²) in [5.74, 6) is 2.04. The first-order chi connectivity index (χ1) is 11.3. The highest BCUT2D eigenvalue weighted by atomic mass is 16.5. The molecule has 1 aliphatic heterocycles. The molecule has 2 heterocycles. The second-order valence-electron chi connectivity index (χ2n) is 5.38. The smallest absolute Gasteiger partial charge is 0.244 e. The second kappa shape index (κ2) is 7.73. The number of hydrogen-bond donors (Lipinski definition) is 2. The largest absolute Gasteiger partial charge is 0.497 e. The summed E-state index contributed by atoms with van der Waals surface area (Å²) in [5.41, 5.74) is 1.12. The van der Waals surface area contributed by atoms with Crippen LogP contribution in [0.25, 0.3) is 0 Å². The van der Waals surface area contributed by atoms with Crippen molar-refractivity contribution in [3.05, 3.63) is 36.0 Å². The van der Waals surface area contributed by atoms with Crippen LogP contribution in [0.1, 0.15) is 18.4 Å². The minimum atomic E-state index is 0.265. The summed E-state index contributed by atoms with van der Waals surface area (Å²) in [6.07, 6.45) is 4.10. The Morgan fingerprint density at radius 2 is 2.13 bits per heavy atom. The van der Waals surface area contributed by atoms with E-state index in [1.54, 1.807) is 13.3 Å². The molecule has 0 aliphatic carbocycles. The van der Waals surface area contributed by atoms with Gasteiger partial charge in [0.1, 0.15) is 5.75 Å². The summed E-state index contributed by atoms with van der Waals surface area (Å²) < 4.78 is 10.7. The maximum atomic E-state index is 5.58. The predicted molar refractivity (Wildman–Crippen MR) is 87.6 cm³/mol. The number of rotatable bonds is 7. The highest BCUT2D eigenvalue weighted by molar-refractivity contribution is 5.38. The molecule has 1 fully saturated rings. The van der Waals surface area contributed by atoms with Gasteiger partial charge in [-0.3, -0.25) is 0 Å². The summed E-state index contributed by atoms with van der Waals surface area (Å²) in [4.78, 5) is 4.41. The molecule has 1 aromatic carbocycles. The fourth-order valence-corrected chi connectivity index (χ4v) is 2.41. The van der Waals surface area contributed by atoms with E-state index in [-0.39, 0.29) is 6.10 Å². The Morgan fingerprint density at radius 3 is 2.87 bits per heavy atom. The van der Waals surface area contributed by atoms with Crippen LogP contribution in [0.2, 0.25) is 0 Å². The summed E-state index contributed by atoms with van der Waals surface area (Å²) in [6.45, 7) is 2.22. The van der Waals surface area contributed by atoms with E-state index in [4.69, 9.17) is 9.47 Å². The summed E-state index contributed by atoms with van der Waals surface area (Å²) in [7, 11) is 1.65. The SMILES string of the molecule is COc1ccc(CNc2nncc(NCC3CCCO3)n2)cc1. The van der Waals surface area contributed by atoms with E-state index in [0.29, 0.717) is 18.3 Å². The molecule has 1 aromatic heterocycles. The van der Waals surface area contributed by atoms with Crippen molar-refractivity contribution < 1.29 is 9.47 Å². The number of methoxy groups -OCH3 is 1. The van der Waals surface area contributed by atoms with Crippen molar-refractivity contribution in [1.82, 2.24) is 15.2 Å². The van der Waals surface area contributed by atoms with Crippen LogP contribution >= 0.6 is 0 Å². The molecule has 23 heavy (non-hydrogen) atoms. The average Bonchev–Trinajstić information content (AvgIpc) is 3.12. The van der Waals surface area contributed by atoms with Crippen molar-refractivity contribution in [3.63, 3.8) is 0 Å². The highest BCUT2D eigenvalue weighted by Gasteiger charge is 2.15. The maximum absolute atomic E-state index is 5.58. The number of nitrogens with zero attached hydrogens (tertiary/aromatic N) is 3. The first-order valence-electron chi connectivity index (χ1n) is 7.75. The number of anilines is 2. The maximum Gasteiger partial charge on any atom is 0.244 e. The lowest BCUT2D eigenvalue weighted by Crippen LogP contribution is -2.19. The summed E-state index contributed by atoms with van der Waals surface area (Å²) in [6, 6.07) is 7.85. The molecule has 1 saturated heterocycles. The Labute approximate surface area is 135 Å². The molecule has 0 amide bonds. The fraction of sp³-hybridized carbons (Fsp3) is 0.438. The third-order valence-corrected chi connectivity index (χ3v) is 3.70. The molecule has 1 unspecified atom stereocenters. The van der Waals surface area contributed by atoms with Crippen molar-refractivity contribution in [2.45, 2.75) is 25.5 Å². The molecule has 3 rings (SSSR count). The first-order valence-corrected chi connectivity index (χ1v) is 7.75. The van der Waals surface area contributed by atoms with E-state index in [1.165, 1.54) is 0 Å². The van der Waals surface area contributed by atoms with E-state index in [0.717, 1.165) is 37.3 Å². The molecule has 0 saturated carbocycles. The van der Waals surface area contributed by atoms with E-state index < -0.39 is 0 Å². The van der Waals surface area contributed by atoms with Crippen molar-refractivity contribution in [2.24, 2.45) is 0 Å². The second-order valence-corrected chi connectivity index (χ2v) is 5.38. The van der Waals surface area contributed by atoms with Crippen LogP contribution in [0.5, 0.6) is 5.75 Å². The first kappa shape index (κ1) is 15.5. The van der Waals surface area contributed by atoms with Crippen LogP contribution in [0.15, 0.2) is 30.5 Å².